The zero-order valence-electron chi connectivity index (χ0n) is 12.0. The van der Waals surface area contributed by atoms with Crippen LogP contribution in [0.3, 0.4) is 0 Å². The van der Waals surface area contributed by atoms with Crippen molar-refractivity contribution in [3.63, 3.8) is 0 Å². The lowest BCUT2D eigenvalue weighted by Gasteiger charge is -2.03. The Balaban J connectivity index is 2.18. The van der Waals surface area contributed by atoms with Crippen LogP contribution in [-0.2, 0) is 9.53 Å². The highest BCUT2D eigenvalue weighted by molar-refractivity contribution is 8.13. The van der Waals surface area contributed by atoms with Gasteiger partial charge in [0, 0.05) is 29.8 Å². The number of thioether (sulfide) groups is 1. The highest BCUT2D eigenvalue weighted by atomic mass is 32.2. The quantitative estimate of drug-likeness (QED) is 0.677. The molecule has 0 saturated carbocycles. The van der Waals surface area contributed by atoms with E-state index in [0.717, 1.165) is 28.6 Å². The van der Waals surface area contributed by atoms with Gasteiger partial charge in [-0.1, -0.05) is 23.9 Å². The maximum Gasteiger partial charge on any atom is 0.338 e. The molecule has 0 atom stereocenters. The van der Waals surface area contributed by atoms with E-state index in [1.807, 2.05) is 30.4 Å². The number of methoxy groups -OCH3 is 1. The highest BCUT2D eigenvalue weighted by Crippen LogP contribution is 2.22. The Morgan fingerprint density at radius 1 is 1.38 bits per heavy atom. The van der Waals surface area contributed by atoms with E-state index in [1.54, 1.807) is 13.1 Å². The molecule has 1 heterocycles. The second kappa shape index (κ2) is 7.13. The highest BCUT2D eigenvalue weighted by Gasteiger charge is 2.11. The van der Waals surface area contributed by atoms with Gasteiger partial charge in [-0.05, 0) is 30.2 Å². The van der Waals surface area contributed by atoms with Crippen LogP contribution in [0.25, 0.3) is 17.0 Å². The van der Waals surface area contributed by atoms with E-state index < -0.39 is 0 Å². The van der Waals surface area contributed by atoms with Gasteiger partial charge >= 0.3 is 5.97 Å². The van der Waals surface area contributed by atoms with Crippen molar-refractivity contribution in [2.45, 2.75) is 13.3 Å². The van der Waals surface area contributed by atoms with Crippen LogP contribution in [0.15, 0.2) is 30.5 Å². The maximum absolute atomic E-state index is 11.8. The maximum atomic E-state index is 11.8. The van der Waals surface area contributed by atoms with E-state index in [4.69, 9.17) is 4.74 Å². The second-order valence-electron chi connectivity index (χ2n) is 4.53. The largest absolute Gasteiger partial charge is 0.465 e. The molecule has 0 aliphatic rings. The summed E-state index contributed by atoms with van der Waals surface area (Å²) in [5.74, 6) is 0.419. The van der Waals surface area contributed by atoms with Gasteiger partial charge in [0.2, 0.25) is 0 Å². The van der Waals surface area contributed by atoms with Crippen molar-refractivity contribution in [3.05, 3.63) is 41.6 Å². The monoisotopic (exact) mass is 303 g/mol. The molecule has 0 saturated heterocycles. The summed E-state index contributed by atoms with van der Waals surface area (Å²) >= 11 is 1.31. The summed E-state index contributed by atoms with van der Waals surface area (Å²) in [5.41, 5.74) is 2.38. The van der Waals surface area contributed by atoms with Crippen LogP contribution in [0.5, 0.6) is 0 Å². The number of esters is 1. The Hall–Kier alpha value is -2.01. The van der Waals surface area contributed by atoms with Gasteiger partial charge in [0.15, 0.2) is 5.12 Å². The predicted octanol–water partition coefficient (Wildman–Crippen LogP) is 3.64. The molecular formula is C16H17NO3S. The molecule has 110 valence electrons. The SMILES string of the molecule is COC(=O)c1cc(C=CCCSC(C)=O)cc2[nH]ccc12. The summed E-state index contributed by atoms with van der Waals surface area (Å²) in [7, 11) is 1.38. The summed E-state index contributed by atoms with van der Waals surface area (Å²) < 4.78 is 4.82. The van der Waals surface area contributed by atoms with Crippen LogP contribution in [0.1, 0.15) is 29.3 Å². The van der Waals surface area contributed by atoms with Gasteiger partial charge in [-0.2, -0.15) is 0 Å². The Morgan fingerprint density at radius 2 is 2.19 bits per heavy atom. The fourth-order valence-corrected chi connectivity index (χ4v) is 2.60. The molecule has 5 heteroatoms. The third-order valence-electron chi connectivity index (χ3n) is 3.00. The molecule has 0 aliphatic carbocycles. The number of aromatic amines is 1. The molecule has 1 aromatic carbocycles. The van der Waals surface area contributed by atoms with Crippen LogP contribution in [0.4, 0.5) is 0 Å². The molecule has 0 radical (unpaired) electrons. The summed E-state index contributed by atoms with van der Waals surface area (Å²) in [6, 6.07) is 5.66. The van der Waals surface area contributed by atoms with Crippen molar-refractivity contribution in [2.75, 3.05) is 12.9 Å². The van der Waals surface area contributed by atoms with E-state index in [2.05, 4.69) is 4.98 Å². The van der Waals surface area contributed by atoms with Gasteiger partial charge in [0.05, 0.1) is 12.7 Å². The van der Waals surface area contributed by atoms with Crippen LogP contribution >= 0.6 is 11.8 Å². The standard InChI is InChI=1S/C16H17NO3S/c1-11(18)21-8-4-3-5-12-9-14(16(19)20-2)13-6-7-17-15(13)10-12/h3,5-7,9-10,17H,4,8H2,1-2H3. The first-order valence-corrected chi connectivity index (χ1v) is 7.59. The van der Waals surface area contributed by atoms with E-state index in [9.17, 15) is 9.59 Å². The number of allylic oxidation sites excluding steroid dienone is 1. The molecular weight excluding hydrogens is 286 g/mol. The fourth-order valence-electron chi connectivity index (χ4n) is 2.05. The van der Waals surface area contributed by atoms with Crippen molar-refractivity contribution in [1.82, 2.24) is 4.98 Å². The van der Waals surface area contributed by atoms with Crippen LogP contribution < -0.4 is 0 Å². The van der Waals surface area contributed by atoms with Gasteiger partial charge in [-0.25, -0.2) is 4.79 Å². The molecule has 2 aromatic rings. The molecule has 0 bridgehead atoms. The Labute approximate surface area is 127 Å². The number of fused-ring (bicyclic) bond motifs is 1. The molecule has 0 spiro atoms. The molecule has 0 aliphatic heterocycles. The van der Waals surface area contributed by atoms with Gasteiger partial charge in [-0.3, -0.25) is 4.79 Å². The van der Waals surface area contributed by atoms with Gasteiger partial charge in [0.25, 0.3) is 0 Å². The van der Waals surface area contributed by atoms with Crippen LogP contribution in [0.2, 0.25) is 0 Å². The molecule has 2 rings (SSSR count). The number of H-pyrrole nitrogens is 1. The smallest absolute Gasteiger partial charge is 0.338 e. The number of benzene rings is 1. The van der Waals surface area contributed by atoms with Crippen molar-refractivity contribution in [2.24, 2.45) is 0 Å². The molecule has 4 nitrogen and oxygen atoms in total. The minimum atomic E-state index is -0.345. The summed E-state index contributed by atoms with van der Waals surface area (Å²) in [4.78, 5) is 25.8. The van der Waals surface area contributed by atoms with Gasteiger partial charge in [0.1, 0.15) is 0 Å². The number of nitrogens with one attached hydrogen (secondary N) is 1. The Kier molecular flexibility index (Phi) is 5.22. The Bertz CT molecular complexity index is 688. The number of rotatable bonds is 5. The number of aromatic nitrogens is 1. The van der Waals surface area contributed by atoms with Crippen molar-refractivity contribution < 1.29 is 14.3 Å². The minimum Gasteiger partial charge on any atom is -0.465 e. The number of hydrogen-bond donors (Lipinski definition) is 1. The predicted molar refractivity (Wildman–Crippen MR) is 86.4 cm³/mol. The minimum absolute atomic E-state index is 0.129. The van der Waals surface area contributed by atoms with E-state index in [0.29, 0.717) is 5.56 Å². The molecule has 0 amide bonds. The zero-order valence-corrected chi connectivity index (χ0v) is 12.8. The van der Waals surface area contributed by atoms with Crippen LogP contribution in [0, 0.1) is 0 Å². The van der Waals surface area contributed by atoms with Gasteiger partial charge < -0.3 is 9.72 Å². The first-order chi connectivity index (χ1) is 10.1. The normalized spacial score (nSPS) is 11.1. The summed E-state index contributed by atoms with van der Waals surface area (Å²) in [6.07, 6.45) is 6.56. The summed E-state index contributed by atoms with van der Waals surface area (Å²) in [6.45, 7) is 1.57. The van der Waals surface area contributed by atoms with Gasteiger partial charge in [-0.15, -0.1) is 0 Å². The average molecular weight is 303 g/mol. The third-order valence-corrected chi connectivity index (χ3v) is 3.84. The molecule has 1 aromatic heterocycles. The summed E-state index contributed by atoms with van der Waals surface area (Å²) in [5, 5.41) is 0.982. The first kappa shape index (κ1) is 15.4. The lowest BCUT2D eigenvalue weighted by Crippen LogP contribution is -2.02. The topological polar surface area (TPSA) is 59.2 Å². The second-order valence-corrected chi connectivity index (χ2v) is 5.80. The van der Waals surface area contributed by atoms with Crippen molar-refractivity contribution in [3.8, 4) is 0 Å². The molecule has 0 unspecified atom stereocenters. The van der Waals surface area contributed by atoms with Crippen molar-refractivity contribution in [1.29, 1.82) is 0 Å². The number of hydrogen-bond acceptors (Lipinski definition) is 4. The lowest BCUT2D eigenvalue weighted by atomic mass is 10.1. The van der Waals surface area contributed by atoms with Crippen molar-refractivity contribution >= 4 is 39.8 Å². The average Bonchev–Trinajstić information content (AvgIpc) is 2.93. The number of carbonyl (C=O) groups excluding carboxylic acids is 2. The third kappa shape index (κ3) is 3.98. The van der Waals surface area contributed by atoms with Crippen LogP contribution in [-0.4, -0.2) is 28.9 Å². The molecule has 0 fully saturated rings. The zero-order chi connectivity index (χ0) is 15.2. The Morgan fingerprint density at radius 3 is 2.90 bits per heavy atom. The fraction of sp³-hybridized carbons (Fsp3) is 0.250. The van der Waals surface area contributed by atoms with E-state index in [-0.39, 0.29) is 11.1 Å². The molecule has 21 heavy (non-hydrogen) atoms. The first-order valence-electron chi connectivity index (χ1n) is 6.61. The lowest BCUT2D eigenvalue weighted by molar-refractivity contribution is -0.109. The number of carbonyl (C=O) groups is 2. The van der Waals surface area contributed by atoms with E-state index >= 15 is 0 Å². The molecule has 1 N–H and O–H groups in total. The van der Waals surface area contributed by atoms with E-state index in [1.165, 1.54) is 18.9 Å². The number of ether oxygens (including phenoxy) is 1.